The van der Waals surface area contributed by atoms with Crippen LogP contribution in [0.4, 0.5) is 0 Å². The number of fused-ring (bicyclic) bond motifs is 1. The highest BCUT2D eigenvalue weighted by atomic mass is 35.5. The summed E-state index contributed by atoms with van der Waals surface area (Å²) in [6, 6.07) is 6.33. The maximum Gasteiger partial charge on any atom is 0.122 e. The molecule has 0 bridgehead atoms. The Balaban J connectivity index is 2.43. The predicted octanol–water partition coefficient (Wildman–Crippen LogP) is 3.25. The van der Waals surface area contributed by atoms with E-state index in [9.17, 15) is 0 Å². The van der Waals surface area contributed by atoms with Crippen LogP contribution < -0.4 is 0 Å². The van der Waals surface area contributed by atoms with Crippen molar-refractivity contribution in [2.75, 3.05) is 0 Å². The van der Waals surface area contributed by atoms with Crippen molar-refractivity contribution in [3.05, 3.63) is 29.6 Å². The predicted molar refractivity (Wildman–Crippen MR) is 59.6 cm³/mol. The zero-order chi connectivity index (χ0) is 9.97. The van der Waals surface area contributed by atoms with E-state index in [0.717, 1.165) is 23.3 Å². The molecule has 3 heteroatoms. The molecule has 1 aromatic carbocycles. The number of aromatic nitrogens is 2. The summed E-state index contributed by atoms with van der Waals surface area (Å²) in [6.07, 6.45) is 2.28. The Kier molecular flexibility index (Phi) is 2.73. The normalized spacial score (nSPS) is 11.0. The standard InChI is InChI=1S/C11H13ClN2/c1-2-3-8-4-5-9-10(6-8)14-11(7-12)13-9/h4-6H,2-3,7H2,1H3,(H,13,14). The molecule has 0 aliphatic rings. The van der Waals surface area contributed by atoms with Crippen LogP contribution in [0.15, 0.2) is 18.2 Å². The third-order valence-corrected chi connectivity index (χ3v) is 2.51. The molecule has 0 radical (unpaired) electrons. The van der Waals surface area contributed by atoms with E-state index in [-0.39, 0.29) is 0 Å². The van der Waals surface area contributed by atoms with Crippen molar-refractivity contribution in [3.63, 3.8) is 0 Å². The lowest BCUT2D eigenvalue weighted by Gasteiger charge is -1.96. The zero-order valence-electron chi connectivity index (χ0n) is 8.18. The molecule has 74 valence electrons. The number of benzene rings is 1. The molecule has 14 heavy (non-hydrogen) atoms. The molecule has 1 N–H and O–H groups in total. The molecule has 1 aromatic heterocycles. The SMILES string of the molecule is CCCc1ccc2nc(CCl)[nH]c2c1. The molecule has 2 rings (SSSR count). The topological polar surface area (TPSA) is 28.7 Å². The van der Waals surface area contributed by atoms with Gasteiger partial charge in [-0.2, -0.15) is 0 Å². The summed E-state index contributed by atoms with van der Waals surface area (Å²) >= 11 is 5.71. The van der Waals surface area contributed by atoms with Crippen LogP contribution in [0.2, 0.25) is 0 Å². The van der Waals surface area contributed by atoms with Crippen LogP contribution in [0, 0.1) is 0 Å². The van der Waals surface area contributed by atoms with E-state index in [2.05, 4.69) is 29.0 Å². The summed E-state index contributed by atoms with van der Waals surface area (Å²) in [5, 5.41) is 0. The smallest absolute Gasteiger partial charge is 0.122 e. The molecule has 0 unspecified atom stereocenters. The number of halogens is 1. The lowest BCUT2D eigenvalue weighted by Crippen LogP contribution is -1.82. The summed E-state index contributed by atoms with van der Waals surface area (Å²) < 4.78 is 0. The van der Waals surface area contributed by atoms with Crippen molar-refractivity contribution in [2.45, 2.75) is 25.6 Å². The molecule has 0 fully saturated rings. The minimum atomic E-state index is 0.442. The Hall–Kier alpha value is -1.02. The van der Waals surface area contributed by atoms with Gasteiger partial charge in [-0.25, -0.2) is 4.98 Å². The molecule has 2 nitrogen and oxygen atoms in total. The minimum Gasteiger partial charge on any atom is -0.341 e. The number of aromatic amines is 1. The van der Waals surface area contributed by atoms with Crippen molar-refractivity contribution >= 4 is 22.6 Å². The molecular formula is C11H13ClN2. The molecule has 0 aliphatic heterocycles. The number of hydrogen-bond donors (Lipinski definition) is 1. The number of alkyl halides is 1. The highest BCUT2D eigenvalue weighted by Gasteiger charge is 2.01. The van der Waals surface area contributed by atoms with Crippen molar-refractivity contribution < 1.29 is 0 Å². The van der Waals surface area contributed by atoms with E-state index in [1.807, 2.05) is 6.07 Å². The van der Waals surface area contributed by atoms with E-state index in [4.69, 9.17) is 11.6 Å². The van der Waals surface area contributed by atoms with Gasteiger partial charge in [-0.15, -0.1) is 11.6 Å². The van der Waals surface area contributed by atoms with Gasteiger partial charge >= 0.3 is 0 Å². The van der Waals surface area contributed by atoms with Crippen molar-refractivity contribution in [2.24, 2.45) is 0 Å². The second kappa shape index (κ2) is 4.01. The molecular weight excluding hydrogens is 196 g/mol. The van der Waals surface area contributed by atoms with Gasteiger partial charge in [0.1, 0.15) is 5.82 Å². The third kappa shape index (κ3) is 1.75. The Bertz CT molecular complexity index is 434. The van der Waals surface area contributed by atoms with Crippen LogP contribution in [-0.4, -0.2) is 9.97 Å². The largest absolute Gasteiger partial charge is 0.341 e. The van der Waals surface area contributed by atoms with Gasteiger partial charge in [-0.05, 0) is 24.1 Å². The molecule has 0 saturated carbocycles. The number of nitrogens with one attached hydrogen (secondary N) is 1. The van der Waals surface area contributed by atoms with Gasteiger partial charge in [0.05, 0.1) is 16.9 Å². The number of imidazole rings is 1. The summed E-state index contributed by atoms with van der Waals surface area (Å²) in [5.74, 6) is 1.29. The third-order valence-electron chi connectivity index (χ3n) is 2.26. The van der Waals surface area contributed by atoms with E-state index in [1.54, 1.807) is 0 Å². The monoisotopic (exact) mass is 208 g/mol. The van der Waals surface area contributed by atoms with Crippen LogP contribution in [0.1, 0.15) is 24.7 Å². The molecule has 0 amide bonds. The van der Waals surface area contributed by atoms with Crippen LogP contribution >= 0.6 is 11.6 Å². The summed E-state index contributed by atoms with van der Waals surface area (Å²) in [4.78, 5) is 7.55. The average Bonchev–Trinajstić information content (AvgIpc) is 2.60. The van der Waals surface area contributed by atoms with Gasteiger partial charge in [0.25, 0.3) is 0 Å². The fourth-order valence-electron chi connectivity index (χ4n) is 1.62. The van der Waals surface area contributed by atoms with Gasteiger partial charge < -0.3 is 4.98 Å². The number of H-pyrrole nitrogens is 1. The highest BCUT2D eigenvalue weighted by Crippen LogP contribution is 2.15. The van der Waals surface area contributed by atoms with Gasteiger partial charge in [-0.3, -0.25) is 0 Å². The Morgan fingerprint density at radius 1 is 1.43 bits per heavy atom. The van der Waals surface area contributed by atoms with E-state index >= 15 is 0 Å². The second-order valence-corrected chi connectivity index (χ2v) is 3.69. The average molecular weight is 209 g/mol. The Morgan fingerprint density at radius 3 is 3.00 bits per heavy atom. The molecule has 0 spiro atoms. The van der Waals surface area contributed by atoms with Crippen LogP contribution in [0.5, 0.6) is 0 Å². The Labute approximate surface area is 88.3 Å². The second-order valence-electron chi connectivity index (χ2n) is 3.42. The fourth-order valence-corrected chi connectivity index (χ4v) is 1.74. The van der Waals surface area contributed by atoms with Crippen molar-refractivity contribution in [3.8, 4) is 0 Å². The first-order valence-corrected chi connectivity index (χ1v) is 5.40. The minimum absolute atomic E-state index is 0.442. The quantitative estimate of drug-likeness (QED) is 0.771. The number of rotatable bonds is 3. The van der Waals surface area contributed by atoms with E-state index in [1.165, 1.54) is 12.0 Å². The molecule has 0 saturated heterocycles. The first kappa shape index (κ1) is 9.53. The van der Waals surface area contributed by atoms with Crippen LogP contribution in [-0.2, 0) is 12.3 Å². The number of nitrogens with zero attached hydrogens (tertiary/aromatic N) is 1. The van der Waals surface area contributed by atoms with E-state index < -0.39 is 0 Å². The fraction of sp³-hybridized carbons (Fsp3) is 0.364. The summed E-state index contributed by atoms with van der Waals surface area (Å²) in [7, 11) is 0. The molecule has 0 atom stereocenters. The summed E-state index contributed by atoms with van der Waals surface area (Å²) in [6.45, 7) is 2.18. The number of hydrogen-bond acceptors (Lipinski definition) is 1. The van der Waals surface area contributed by atoms with Gasteiger partial charge in [0.2, 0.25) is 0 Å². The van der Waals surface area contributed by atoms with E-state index in [0.29, 0.717) is 5.88 Å². The zero-order valence-corrected chi connectivity index (χ0v) is 8.93. The van der Waals surface area contributed by atoms with Gasteiger partial charge in [0.15, 0.2) is 0 Å². The van der Waals surface area contributed by atoms with Crippen LogP contribution in [0.25, 0.3) is 11.0 Å². The van der Waals surface area contributed by atoms with Gasteiger partial charge in [0, 0.05) is 0 Å². The first-order valence-electron chi connectivity index (χ1n) is 4.87. The van der Waals surface area contributed by atoms with Crippen LogP contribution in [0.3, 0.4) is 0 Å². The maximum absolute atomic E-state index is 5.71. The van der Waals surface area contributed by atoms with Crippen molar-refractivity contribution in [1.82, 2.24) is 9.97 Å². The maximum atomic E-state index is 5.71. The summed E-state index contributed by atoms with van der Waals surface area (Å²) in [5.41, 5.74) is 3.44. The highest BCUT2D eigenvalue weighted by molar-refractivity contribution is 6.16. The molecule has 0 aliphatic carbocycles. The lowest BCUT2D eigenvalue weighted by molar-refractivity contribution is 0.923. The Morgan fingerprint density at radius 2 is 2.29 bits per heavy atom. The van der Waals surface area contributed by atoms with Gasteiger partial charge in [-0.1, -0.05) is 19.4 Å². The molecule has 1 heterocycles. The number of aryl methyl sites for hydroxylation is 1. The first-order chi connectivity index (χ1) is 6.83. The lowest BCUT2D eigenvalue weighted by atomic mass is 10.1. The van der Waals surface area contributed by atoms with Crippen molar-refractivity contribution in [1.29, 1.82) is 0 Å². The molecule has 2 aromatic rings.